The number of pyridine rings is 1. The average molecular weight is 253 g/mol. The van der Waals surface area contributed by atoms with Crippen LogP contribution in [0.15, 0.2) is 34.1 Å². The van der Waals surface area contributed by atoms with Gasteiger partial charge in [-0.3, -0.25) is 0 Å². The number of nitrogens with two attached hydrogens (primary N) is 1. The fourth-order valence-corrected chi connectivity index (χ4v) is 1.64. The quantitative estimate of drug-likeness (QED) is 0.478. The molecule has 0 fully saturated rings. The van der Waals surface area contributed by atoms with Crippen LogP contribution >= 0.6 is 15.9 Å². The normalized spacial score (nSPS) is 12.3. The summed E-state index contributed by atoms with van der Waals surface area (Å²) in [6.07, 6.45) is 3.64. The minimum atomic E-state index is 0.776. The lowest BCUT2D eigenvalue weighted by Crippen LogP contribution is -1.98. The zero-order valence-corrected chi connectivity index (χ0v) is 9.19. The Hall–Kier alpha value is -1.36. The summed E-state index contributed by atoms with van der Waals surface area (Å²) in [6.45, 7) is 1.86. The van der Waals surface area contributed by atoms with Crippen molar-refractivity contribution in [3.8, 4) is 0 Å². The van der Waals surface area contributed by atoms with E-state index in [1.165, 1.54) is 0 Å². The number of fused-ring (bicyclic) bond motifs is 1. The van der Waals surface area contributed by atoms with Crippen molar-refractivity contribution in [2.45, 2.75) is 6.92 Å². The topological polar surface area (TPSA) is 55.7 Å². The number of aromatic nitrogens is 2. The minimum absolute atomic E-state index is 0.776. The molecule has 2 heterocycles. The standard InChI is InChI=1S/C9H9BrN4/c1-6(13-11)8-5-12-14-3-2-7(10)4-9(8)14/h2-5H,11H2,1H3/b13-6+. The van der Waals surface area contributed by atoms with Gasteiger partial charge in [-0.15, -0.1) is 0 Å². The molecule has 0 atom stereocenters. The highest BCUT2D eigenvalue weighted by Gasteiger charge is 2.06. The first kappa shape index (κ1) is 9.21. The molecule has 0 spiro atoms. The summed E-state index contributed by atoms with van der Waals surface area (Å²) in [7, 11) is 0. The van der Waals surface area contributed by atoms with Crippen molar-refractivity contribution in [3.63, 3.8) is 0 Å². The van der Waals surface area contributed by atoms with Gasteiger partial charge in [0, 0.05) is 16.2 Å². The van der Waals surface area contributed by atoms with Crippen molar-refractivity contribution in [2.75, 3.05) is 0 Å². The molecular weight excluding hydrogens is 244 g/mol. The molecule has 0 radical (unpaired) electrons. The lowest BCUT2D eigenvalue weighted by atomic mass is 10.2. The van der Waals surface area contributed by atoms with Gasteiger partial charge >= 0.3 is 0 Å². The van der Waals surface area contributed by atoms with Gasteiger partial charge in [-0.2, -0.15) is 10.2 Å². The smallest absolute Gasteiger partial charge is 0.0764 e. The Kier molecular flexibility index (Phi) is 2.25. The molecule has 2 aromatic heterocycles. The summed E-state index contributed by atoms with van der Waals surface area (Å²) < 4.78 is 2.80. The maximum absolute atomic E-state index is 5.23. The second-order valence-corrected chi connectivity index (χ2v) is 3.86. The van der Waals surface area contributed by atoms with Crippen molar-refractivity contribution >= 4 is 27.2 Å². The maximum Gasteiger partial charge on any atom is 0.0764 e. The first-order chi connectivity index (χ1) is 6.72. The van der Waals surface area contributed by atoms with Gasteiger partial charge in [0.2, 0.25) is 0 Å². The zero-order valence-electron chi connectivity index (χ0n) is 7.61. The summed E-state index contributed by atoms with van der Waals surface area (Å²) >= 11 is 3.41. The van der Waals surface area contributed by atoms with Gasteiger partial charge in [-0.1, -0.05) is 15.9 Å². The van der Waals surface area contributed by atoms with Crippen LogP contribution in [0.1, 0.15) is 12.5 Å². The molecule has 72 valence electrons. The molecular formula is C9H9BrN4. The highest BCUT2D eigenvalue weighted by Crippen LogP contribution is 2.16. The van der Waals surface area contributed by atoms with Gasteiger partial charge in [-0.05, 0) is 19.1 Å². The molecule has 0 saturated heterocycles. The van der Waals surface area contributed by atoms with E-state index in [2.05, 4.69) is 26.1 Å². The van der Waals surface area contributed by atoms with Crippen LogP contribution < -0.4 is 5.84 Å². The fraction of sp³-hybridized carbons (Fsp3) is 0.111. The Labute approximate surface area is 89.5 Å². The summed E-state index contributed by atoms with van der Waals surface area (Å²) in [4.78, 5) is 0. The minimum Gasteiger partial charge on any atom is -0.323 e. The van der Waals surface area contributed by atoms with E-state index >= 15 is 0 Å². The number of nitrogens with zero attached hydrogens (tertiary/aromatic N) is 3. The molecule has 0 aromatic carbocycles. The predicted molar refractivity (Wildman–Crippen MR) is 59.3 cm³/mol. The summed E-state index contributed by atoms with van der Waals surface area (Å²) in [5.74, 6) is 5.23. The maximum atomic E-state index is 5.23. The van der Waals surface area contributed by atoms with Crippen LogP contribution in [0.5, 0.6) is 0 Å². The molecule has 0 saturated carbocycles. The Morgan fingerprint density at radius 2 is 2.43 bits per heavy atom. The van der Waals surface area contributed by atoms with Crippen LogP contribution in [0.4, 0.5) is 0 Å². The zero-order chi connectivity index (χ0) is 10.1. The van der Waals surface area contributed by atoms with E-state index in [1.807, 2.05) is 25.3 Å². The number of rotatable bonds is 1. The van der Waals surface area contributed by atoms with E-state index < -0.39 is 0 Å². The first-order valence-corrected chi connectivity index (χ1v) is 4.89. The number of hydrazone groups is 1. The van der Waals surface area contributed by atoms with Crippen molar-refractivity contribution in [1.82, 2.24) is 9.61 Å². The molecule has 0 aliphatic rings. The average Bonchev–Trinajstić information content (AvgIpc) is 2.59. The van der Waals surface area contributed by atoms with Crippen LogP contribution in [0, 0.1) is 0 Å². The van der Waals surface area contributed by atoms with E-state index in [9.17, 15) is 0 Å². The lowest BCUT2D eigenvalue weighted by Gasteiger charge is -1.97. The van der Waals surface area contributed by atoms with Gasteiger partial charge in [0.25, 0.3) is 0 Å². The van der Waals surface area contributed by atoms with E-state index in [-0.39, 0.29) is 0 Å². The molecule has 0 aliphatic carbocycles. The van der Waals surface area contributed by atoms with Gasteiger partial charge < -0.3 is 5.84 Å². The van der Waals surface area contributed by atoms with E-state index in [1.54, 1.807) is 10.7 Å². The monoisotopic (exact) mass is 252 g/mol. The molecule has 2 aromatic rings. The summed E-state index contributed by atoms with van der Waals surface area (Å²) in [5, 5.41) is 7.85. The molecule has 0 unspecified atom stereocenters. The van der Waals surface area contributed by atoms with E-state index in [4.69, 9.17) is 5.84 Å². The van der Waals surface area contributed by atoms with Crippen LogP contribution in [-0.2, 0) is 0 Å². The van der Waals surface area contributed by atoms with Crippen molar-refractivity contribution in [2.24, 2.45) is 10.9 Å². The molecule has 14 heavy (non-hydrogen) atoms. The van der Waals surface area contributed by atoms with Crippen LogP contribution in [0.25, 0.3) is 5.52 Å². The Morgan fingerprint density at radius 3 is 3.14 bits per heavy atom. The third-order valence-corrected chi connectivity index (χ3v) is 2.56. The lowest BCUT2D eigenvalue weighted by molar-refractivity contribution is 0.959. The number of halogens is 1. The molecule has 0 amide bonds. The second kappa shape index (κ2) is 3.42. The largest absolute Gasteiger partial charge is 0.323 e. The van der Waals surface area contributed by atoms with Crippen LogP contribution in [-0.4, -0.2) is 15.3 Å². The number of hydrogen-bond acceptors (Lipinski definition) is 3. The third-order valence-electron chi connectivity index (χ3n) is 2.07. The first-order valence-electron chi connectivity index (χ1n) is 4.10. The summed E-state index contributed by atoms with van der Waals surface area (Å²) in [5.41, 5.74) is 2.72. The highest BCUT2D eigenvalue weighted by atomic mass is 79.9. The third kappa shape index (κ3) is 1.39. The molecule has 4 nitrogen and oxygen atoms in total. The molecule has 2 N–H and O–H groups in total. The van der Waals surface area contributed by atoms with E-state index in [0.717, 1.165) is 21.3 Å². The van der Waals surface area contributed by atoms with Crippen molar-refractivity contribution in [3.05, 3.63) is 34.6 Å². The predicted octanol–water partition coefficient (Wildman–Crippen LogP) is 1.78. The molecule has 0 aliphatic heterocycles. The highest BCUT2D eigenvalue weighted by molar-refractivity contribution is 9.10. The van der Waals surface area contributed by atoms with Gasteiger partial charge in [0.05, 0.1) is 17.4 Å². The van der Waals surface area contributed by atoms with Crippen molar-refractivity contribution in [1.29, 1.82) is 0 Å². The van der Waals surface area contributed by atoms with Gasteiger partial charge in [0.1, 0.15) is 0 Å². The number of hydrogen-bond donors (Lipinski definition) is 1. The van der Waals surface area contributed by atoms with E-state index in [0.29, 0.717) is 0 Å². The fourth-order valence-electron chi connectivity index (χ4n) is 1.30. The Morgan fingerprint density at radius 1 is 1.64 bits per heavy atom. The van der Waals surface area contributed by atoms with Crippen LogP contribution in [0.3, 0.4) is 0 Å². The SMILES string of the molecule is C/C(=N\N)c1cnn2ccc(Br)cc12. The van der Waals surface area contributed by atoms with Crippen LogP contribution in [0.2, 0.25) is 0 Å². The Balaban J connectivity index is 2.73. The molecule has 2 rings (SSSR count). The summed E-state index contributed by atoms with van der Waals surface area (Å²) in [6, 6.07) is 3.91. The van der Waals surface area contributed by atoms with Crippen molar-refractivity contribution < 1.29 is 0 Å². The molecule has 0 bridgehead atoms. The Bertz CT molecular complexity index is 500. The molecule has 5 heteroatoms. The second-order valence-electron chi connectivity index (χ2n) is 2.95. The van der Waals surface area contributed by atoms with Gasteiger partial charge in [-0.25, -0.2) is 4.52 Å². The van der Waals surface area contributed by atoms with Gasteiger partial charge in [0.15, 0.2) is 0 Å².